The first-order chi connectivity index (χ1) is 6.25. The first-order valence-corrected chi connectivity index (χ1v) is 4.50. The van der Waals surface area contributed by atoms with Gasteiger partial charge in [-0.3, -0.25) is 0 Å². The van der Waals surface area contributed by atoms with Crippen molar-refractivity contribution in [3.05, 3.63) is 29.6 Å². The van der Waals surface area contributed by atoms with Gasteiger partial charge in [-0.25, -0.2) is 4.39 Å². The van der Waals surface area contributed by atoms with Crippen molar-refractivity contribution in [1.82, 2.24) is 5.32 Å². The molecule has 0 atom stereocenters. The van der Waals surface area contributed by atoms with Gasteiger partial charge in [0.1, 0.15) is 5.82 Å². The van der Waals surface area contributed by atoms with E-state index in [1.165, 1.54) is 12.1 Å². The molecule has 1 fully saturated rings. The van der Waals surface area contributed by atoms with Gasteiger partial charge in [0.25, 0.3) is 0 Å². The minimum absolute atomic E-state index is 0.198. The molecule has 13 heavy (non-hydrogen) atoms. The average Bonchev–Trinajstić information content (AvgIpc) is 2.03. The van der Waals surface area contributed by atoms with Gasteiger partial charge in [0, 0.05) is 5.69 Å². The number of hydrogen-bond acceptors (Lipinski definition) is 2. The molecule has 0 aromatic heterocycles. The van der Waals surface area contributed by atoms with E-state index in [0.29, 0.717) is 11.6 Å². The molecular formula is C10H13FN2. The average molecular weight is 180 g/mol. The highest BCUT2D eigenvalue weighted by atomic mass is 19.1. The zero-order valence-corrected chi connectivity index (χ0v) is 7.39. The normalized spacial score (nSPS) is 17.0. The molecule has 2 rings (SSSR count). The fourth-order valence-electron chi connectivity index (χ4n) is 1.55. The molecule has 0 unspecified atom stereocenters. The predicted molar refractivity (Wildman–Crippen MR) is 50.9 cm³/mol. The summed E-state index contributed by atoms with van der Waals surface area (Å²) >= 11 is 0. The molecule has 1 aromatic rings. The van der Waals surface area contributed by atoms with E-state index in [2.05, 4.69) is 5.32 Å². The van der Waals surface area contributed by atoms with Gasteiger partial charge >= 0.3 is 0 Å². The van der Waals surface area contributed by atoms with Gasteiger partial charge in [0.05, 0.1) is 0 Å². The fourth-order valence-corrected chi connectivity index (χ4v) is 1.55. The molecule has 1 heterocycles. The first kappa shape index (κ1) is 8.51. The van der Waals surface area contributed by atoms with E-state index in [1.807, 2.05) is 0 Å². The monoisotopic (exact) mass is 180 g/mol. The first-order valence-electron chi connectivity index (χ1n) is 4.50. The van der Waals surface area contributed by atoms with Crippen molar-refractivity contribution in [3.63, 3.8) is 0 Å². The Kier molecular flexibility index (Phi) is 2.19. The maximum Gasteiger partial charge on any atom is 0.123 e. The second-order valence-electron chi connectivity index (χ2n) is 3.57. The second-order valence-corrected chi connectivity index (χ2v) is 3.57. The molecule has 2 nitrogen and oxygen atoms in total. The second kappa shape index (κ2) is 3.34. The standard InChI is InChI=1S/C10H13FN2/c11-9-1-2-10(12)8(4-9)3-7-5-13-6-7/h1-2,4,7,13H,3,5-6,12H2. The number of benzene rings is 1. The SMILES string of the molecule is Nc1ccc(F)cc1CC1CNC1. The number of rotatable bonds is 2. The zero-order chi connectivity index (χ0) is 9.26. The van der Waals surface area contributed by atoms with Gasteiger partial charge < -0.3 is 11.1 Å². The predicted octanol–water partition coefficient (Wildman–Crippen LogP) is 1.17. The van der Waals surface area contributed by atoms with E-state index in [4.69, 9.17) is 5.73 Å². The Morgan fingerprint density at radius 2 is 2.23 bits per heavy atom. The van der Waals surface area contributed by atoms with E-state index in [1.54, 1.807) is 6.07 Å². The zero-order valence-electron chi connectivity index (χ0n) is 7.39. The highest BCUT2D eigenvalue weighted by molar-refractivity contribution is 5.47. The summed E-state index contributed by atoms with van der Waals surface area (Å²) in [4.78, 5) is 0. The van der Waals surface area contributed by atoms with Crippen LogP contribution in [-0.4, -0.2) is 13.1 Å². The maximum atomic E-state index is 12.8. The molecule has 3 heteroatoms. The molecule has 1 saturated heterocycles. The van der Waals surface area contributed by atoms with Crippen molar-refractivity contribution in [2.45, 2.75) is 6.42 Å². The third-order valence-electron chi connectivity index (χ3n) is 2.48. The van der Waals surface area contributed by atoms with Crippen molar-refractivity contribution in [3.8, 4) is 0 Å². The van der Waals surface area contributed by atoms with Crippen molar-refractivity contribution < 1.29 is 4.39 Å². The van der Waals surface area contributed by atoms with Crippen LogP contribution in [-0.2, 0) is 6.42 Å². The van der Waals surface area contributed by atoms with E-state index < -0.39 is 0 Å². The molecule has 0 aliphatic carbocycles. The maximum absolute atomic E-state index is 12.8. The van der Waals surface area contributed by atoms with Crippen molar-refractivity contribution in [1.29, 1.82) is 0 Å². The molecular weight excluding hydrogens is 167 g/mol. The van der Waals surface area contributed by atoms with Crippen molar-refractivity contribution in [2.24, 2.45) is 5.92 Å². The van der Waals surface area contributed by atoms with E-state index >= 15 is 0 Å². The Balaban J connectivity index is 2.13. The lowest BCUT2D eigenvalue weighted by molar-refractivity contribution is 0.346. The molecule has 0 spiro atoms. The summed E-state index contributed by atoms with van der Waals surface area (Å²) < 4.78 is 12.8. The lowest BCUT2D eigenvalue weighted by atomic mass is 9.93. The topological polar surface area (TPSA) is 38.0 Å². The Hall–Kier alpha value is -1.09. The van der Waals surface area contributed by atoms with Gasteiger partial charge in [-0.05, 0) is 49.2 Å². The summed E-state index contributed by atoms with van der Waals surface area (Å²) in [5.41, 5.74) is 7.37. The van der Waals surface area contributed by atoms with Crippen LogP contribution in [0.5, 0.6) is 0 Å². The van der Waals surface area contributed by atoms with E-state index in [9.17, 15) is 4.39 Å². The third kappa shape index (κ3) is 1.80. The highest BCUT2D eigenvalue weighted by Crippen LogP contribution is 2.19. The number of nitrogens with two attached hydrogens (primary N) is 1. The smallest absolute Gasteiger partial charge is 0.123 e. The lowest BCUT2D eigenvalue weighted by Gasteiger charge is -2.27. The molecule has 1 aromatic carbocycles. The number of anilines is 1. The van der Waals surface area contributed by atoms with Crippen LogP contribution in [0.4, 0.5) is 10.1 Å². The molecule has 0 bridgehead atoms. The van der Waals surface area contributed by atoms with Crippen LogP contribution in [0.15, 0.2) is 18.2 Å². The Labute approximate surface area is 76.9 Å². The lowest BCUT2D eigenvalue weighted by Crippen LogP contribution is -2.43. The van der Waals surface area contributed by atoms with Crippen LogP contribution in [0.3, 0.4) is 0 Å². The van der Waals surface area contributed by atoms with Gasteiger partial charge in [-0.1, -0.05) is 0 Å². The molecule has 0 saturated carbocycles. The minimum atomic E-state index is -0.198. The van der Waals surface area contributed by atoms with Gasteiger partial charge in [0.15, 0.2) is 0 Å². The molecule has 1 aliphatic rings. The van der Waals surface area contributed by atoms with Crippen LogP contribution in [0.2, 0.25) is 0 Å². The number of nitrogen functional groups attached to an aromatic ring is 1. The summed E-state index contributed by atoms with van der Waals surface area (Å²) in [6.07, 6.45) is 0.886. The summed E-state index contributed by atoms with van der Waals surface area (Å²) in [6, 6.07) is 4.57. The molecule has 0 amide bonds. The largest absolute Gasteiger partial charge is 0.399 e. The summed E-state index contributed by atoms with van der Waals surface area (Å²) in [7, 11) is 0. The van der Waals surface area contributed by atoms with Crippen molar-refractivity contribution in [2.75, 3.05) is 18.8 Å². The number of halogens is 1. The summed E-state index contributed by atoms with van der Waals surface area (Å²) in [5.74, 6) is 0.431. The van der Waals surface area contributed by atoms with Crippen LogP contribution < -0.4 is 11.1 Å². The summed E-state index contributed by atoms with van der Waals surface area (Å²) in [5, 5.41) is 3.18. The third-order valence-corrected chi connectivity index (χ3v) is 2.48. The fraction of sp³-hybridized carbons (Fsp3) is 0.400. The van der Waals surface area contributed by atoms with Crippen LogP contribution >= 0.6 is 0 Å². The number of hydrogen-bond donors (Lipinski definition) is 2. The van der Waals surface area contributed by atoms with Crippen LogP contribution in [0.25, 0.3) is 0 Å². The van der Waals surface area contributed by atoms with Gasteiger partial charge in [0.2, 0.25) is 0 Å². The van der Waals surface area contributed by atoms with Gasteiger partial charge in [-0.15, -0.1) is 0 Å². The Morgan fingerprint density at radius 1 is 1.46 bits per heavy atom. The molecule has 0 radical (unpaired) electrons. The number of nitrogens with one attached hydrogen (secondary N) is 1. The summed E-state index contributed by atoms with van der Waals surface area (Å²) in [6.45, 7) is 2.05. The molecule has 1 aliphatic heterocycles. The molecule has 3 N–H and O–H groups in total. The highest BCUT2D eigenvalue weighted by Gasteiger charge is 2.18. The van der Waals surface area contributed by atoms with Crippen molar-refractivity contribution >= 4 is 5.69 Å². The van der Waals surface area contributed by atoms with E-state index in [0.717, 1.165) is 25.1 Å². The quantitative estimate of drug-likeness (QED) is 0.670. The van der Waals surface area contributed by atoms with Crippen LogP contribution in [0.1, 0.15) is 5.56 Å². The minimum Gasteiger partial charge on any atom is -0.399 e. The molecule has 70 valence electrons. The van der Waals surface area contributed by atoms with Gasteiger partial charge in [-0.2, -0.15) is 0 Å². The Bertz CT molecular complexity index is 308. The van der Waals surface area contributed by atoms with Crippen LogP contribution in [0, 0.1) is 11.7 Å². The Morgan fingerprint density at radius 3 is 2.85 bits per heavy atom. The van der Waals surface area contributed by atoms with E-state index in [-0.39, 0.29) is 5.82 Å².